The SMILES string of the molecule is c1ccc(-c2c(-c3ccc(N(c4ccc(-c5ccc6oc7c(-c8ccccc8)cccc7c6c5)cc4)c4cccc5ccccc45)cc3)ccc3ccccc23)cc1. The van der Waals surface area contributed by atoms with Gasteiger partial charge in [0.2, 0.25) is 0 Å². The van der Waals surface area contributed by atoms with Gasteiger partial charge in [0.25, 0.3) is 0 Å². The van der Waals surface area contributed by atoms with E-state index in [2.05, 4.69) is 223 Å². The lowest BCUT2D eigenvalue weighted by Gasteiger charge is -2.27. The van der Waals surface area contributed by atoms with Crippen molar-refractivity contribution in [1.29, 1.82) is 0 Å². The van der Waals surface area contributed by atoms with E-state index in [4.69, 9.17) is 4.42 Å². The smallest absolute Gasteiger partial charge is 0.143 e. The Morgan fingerprint density at radius 2 is 0.862 bits per heavy atom. The molecule has 11 rings (SSSR count). The Labute approximate surface area is 337 Å². The van der Waals surface area contributed by atoms with Crippen molar-refractivity contribution < 1.29 is 4.42 Å². The predicted octanol–water partition coefficient (Wildman–Crippen LogP) is 16.0. The Hall–Kier alpha value is -7.68. The lowest BCUT2D eigenvalue weighted by atomic mass is 9.90. The second-order valence-electron chi connectivity index (χ2n) is 14.9. The molecule has 2 nitrogen and oxygen atoms in total. The zero-order valence-electron chi connectivity index (χ0n) is 31.7. The maximum absolute atomic E-state index is 6.49. The van der Waals surface area contributed by atoms with E-state index in [1.165, 1.54) is 43.8 Å². The topological polar surface area (TPSA) is 16.4 Å². The molecule has 0 saturated heterocycles. The first-order valence-corrected chi connectivity index (χ1v) is 19.8. The summed E-state index contributed by atoms with van der Waals surface area (Å²) in [5, 5.41) is 7.14. The van der Waals surface area contributed by atoms with Gasteiger partial charge in [-0.1, -0.05) is 182 Å². The molecule has 0 fully saturated rings. The van der Waals surface area contributed by atoms with Gasteiger partial charge in [-0.2, -0.15) is 0 Å². The molecule has 0 radical (unpaired) electrons. The fourth-order valence-corrected chi connectivity index (χ4v) is 8.67. The Balaban J connectivity index is 0.999. The van der Waals surface area contributed by atoms with Gasteiger partial charge in [-0.25, -0.2) is 0 Å². The highest BCUT2D eigenvalue weighted by molar-refractivity contribution is 6.11. The van der Waals surface area contributed by atoms with Crippen molar-refractivity contribution >= 4 is 60.5 Å². The zero-order valence-corrected chi connectivity index (χ0v) is 31.7. The Morgan fingerprint density at radius 1 is 0.310 bits per heavy atom. The molecule has 0 aliphatic heterocycles. The van der Waals surface area contributed by atoms with E-state index in [9.17, 15) is 0 Å². The molecule has 0 amide bonds. The normalized spacial score (nSPS) is 11.4. The molecular weight excluding hydrogens is 703 g/mol. The first kappa shape index (κ1) is 33.6. The van der Waals surface area contributed by atoms with Crippen LogP contribution in [0.5, 0.6) is 0 Å². The van der Waals surface area contributed by atoms with Crippen LogP contribution in [0, 0.1) is 0 Å². The molecule has 10 aromatic carbocycles. The molecule has 0 N–H and O–H groups in total. The van der Waals surface area contributed by atoms with Crippen LogP contribution in [0.4, 0.5) is 17.1 Å². The number of hydrogen-bond donors (Lipinski definition) is 0. The maximum Gasteiger partial charge on any atom is 0.143 e. The van der Waals surface area contributed by atoms with Crippen LogP contribution in [0.3, 0.4) is 0 Å². The lowest BCUT2D eigenvalue weighted by Crippen LogP contribution is -2.10. The van der Waals surface area contributed by atoms with Crippen LogP contribution < -0.4 is 4.90 Å². The minimum atomic E-state index is 0.893. The summed E-state index contributed by atoms with van der Waals surface area (Å²) in [5.41, 5.74) is 14.6. The monoisotopic (exact) mass is 739 g/mol. The minimum absolute atomic E-state index is 0.893. The van der Waals surface area contributed by atoms with E-state index in [0.29, 0.717) is 0 Å². The van der Waals surface area contributed by atoms with Gasteiger partial charge < -0.3 is 9.32 Å². The number of hydrogen-bond acceptors (Lipinski definition) is 2. The average molecular weight is 740 g/mol. The van der Waals surface area contributed by atoms with E-state index in [1.807, 2.05) is 6.07 Å². The second kappa shape index (κ2) is 14.1. The van der Waals surface area contributed by atoms with Gasteiger partial charge in [0.1, 0.15) is 11.2 Å². The summed E-state index contributed by atoms with van der Waals surface area (Å²) >= 11 is 0. The van der Waals surface area contributed by atoms with Gasteiger partial charge in [-0.3, -0.25) is 0 Å². The van der Waals surface area contributed by atoms with Crippen molar-refractivity contribution in [3.63, 3.8) is 0 Å². The van der Waals surface area contributed by atoms with Crippen LogP contribution in [-0.4, -0.2) is 0 Å². The molecule has 11 aromatic rings. The standard InChI is InChI=1S/C56H37NO/c1-3-13-40(14-4-1)50-22-12-23-51-52-37-44(30-36-54(52)58-56(50)51)38-25-31-45(32-26-38)57(53-24-11-19-39-15-7-9-20-47(39)53)46-33-27-42(28-34-46)49-35-29-41-16-8-10-21-48(41)55(49)43-17-5-2-6-18-43/h1-37H. The van der Waals surface area contributed by atoms with Crippen molar-refractivity contribution in [2.75, 3.05) is 4.90 Å². The lowest BCUT2D eigenvalue weighted by molar-refractivity contribution is 0.670. The van der Waals surface area contributed by atoms with E-state index in [1.54, 1.807) is 0 Å². The van der Waals surface area contributed by atoms with Crippen molar-refractivity contribution in [2.24, 2.45) is 0 Å². The van der Waals surface area contributed by atoms with E-state index in [-0.39, 0.29) is 0 Å². The van der Waals surface area contributed by atoms with Crippen molar-refractivity contribution in [2.45, 2.75) is 0 Å². The highest BCUT2D eigenvalue weighted by Gasteiger charge is 2.18. The van der Waals surface area contributed by atoms with Crippen molar-refractivity contribution in [3.05, 3.63) is 224 Å². The summed E-state index contributed by atoms with van der Waals surface area (Å²) in [6.07, 6.45) is 0. The summed E-state index contributed by atoms with van der Waals surface area (Å²) in [4.78, 5) is 2.38. The molecule has 0 spiro atoms. The molecule has 0 saturated carbocycles. The third kappa shape index (κ3) is 5.82. The number of benzene rings is 10. The summed E-state index contributed by atoms with van der Waals surface area (Å²) in [6.45, 7) is 0. The number of furan rings is 1. The van der Waals surface area contributed by atoms with Crippen LogP contribution in [0.15, 0.2) is 229 Å². The van der Waals surface area contributed by atoms with Crippen LogP contribution >= 0.6 is 0 Å². The van der Waals surface area contributed by atoms with Crippen molar-refractivity contribution in [3.8, 4) is 44.5 Å². The largest absolute Gasteiger partial charge is 0.455 e. The molecule has 2 heteroatoms. The number of rotatable bonds is 7. The van der Waals surface area contributed by atoms with Gasteiger partial charge in [-0.15, -0.1) is 0 Å². The molecule has 58 heavy (non-hydrogen) atoms. The molecule has 1 aromatic heterocycles. The summed E-state index contributed by atoms with van der Waals surface area (Å²) in [5.74, 6) is 0. The van der Waals surface area contributed by atoms with Gasteiger partial charge in [0, 0.05) is 33.1 Å². The molecule has 0 aliphatic carbocycles. The summed E-state index contributed by atoms with van der Waals surface area (Å²) in [6, 6.07) is 80.6. The maximum atomic E-state index is 6.49. The van der Waals surface area contributed by atoms with Crippen molar-refractivity contribution in [1.82, 2.24) is 0 Å². The predicted molar refractivity (Wildman–Crippen MR) is 245 cm³/mol. The summed E-state index contributed by atoms with van der Waals surface area (Å²) in [7, 11) is 0. The van der Waals surface area contributed by atoms with Crippen LogP contribution in [0.2, 0.25) is 0 Å². The molecule has 1 heterocycles. The Kier molecular flexibility index (Phi) is 8.19. The van der Waals surface area contributed by atoms with Crippen LogP contribution in [0.1, 0.15) is 0 Å². The fourth-order valence-electron chi connectivity index (χ4n) is 8.67. The van der Waals surface area contributed by atoms with Crippen LogP contribution in [0.25, 0.3) is 88.0 Å². The van der Waals surface area contributed by atoms with Gasteiger partial charge >= 0.3 is 0 Å². The first-order chi connectivity index (χ1) is 28.8. The molecule has 0 aliphatic rings. The molecule has 272 valence electrons. The summed E-state index contributed by atoms with van der Waals surface area (Å²) < 4.78 is 6.49. The Bertz CT molecular complexity index is 3250. The first-order valence-electron chi connectivity index (χ1n) is 19.8. The second-order valence-corrected chi connectivity index (χ2v) is 14.9. The number of para-hydroxylation sites is 1. The molecule has 0 bridgehead atoms. The number of nitrogens with zero attached hydrogens (tertiary/aromatic N) is 1. The highest BCUT2D eigenvalue weighted by Crippen LogP contribution is 2.43. The van der Waals surface area contributed by atoms with Gasteiger partial charge in [0.05, 0.1) is 5.69 Å². The third-order valence-corrected chi connectivity index (χ3v) is 11.5. The average Bonchev–Trinajstić information content (AvgIpc) is 3.68. The molecular formula is C56H37NO. The van der Waals surface area contributed by atoms with E-state index in [0.717, 1.165) is 61.3 Å². The van der Waals surface area contributed by atoms with Gasteiger partial charge in [0.15, 0.2) is 0 Å². The highest BCUT2D eigenvalue weighted by atomic mass is 16.3. The third-order valence-electron chi connectivity index (χ3n) is 11.5. The molecule has 0 atom stereocenters. The molecule has 0 unspecified atom stereocenters. The quantitative estimate of drug-likeness (QED) is 0.162. The van der Waals surface area contributed by atoms with Crippen LogP contribution in [-0.2, 0) is 0 Å². The number of anilines is 3. The Morgan fingerprint density at radius 3 is 1.60 bits per heavy atom. The van der Waals surface area contributed by atoms with E-state index >= 15 is 0 Å². The minimum Gasteiger partial charge on any atom is -0.455 e. The zero-order chi connectivity index (χ0) is 38.4. The number of fused-ring (bicyclic) bond motifs is 5. The van der Waals surface area contributed by atoms with Gasteiger partial charge in [-0.05, 0) is 97.6 Å². The van der Waals surface area contributed by atoms with E-state index < -0.39 is 0 Å². The fraction of sp³-hybridized carbons (Fsp3) is 0.